The molecule has 0 aliphatic carbocycles. The van der Waals surface area contributed by atoms with E-state index in [9.17, 15) is 12.8 Å². The predicted molar refractivity (Wildman–Crippen MR) is 65.8 cm³/mol. The summed E-state index contributed by atoms with van der Waals surface area (Å²) >= 11 is 0. The van der Waals surface area contributed by atoms with E-state index >= 15 is 0 Å². The third kappa shape index (κ3) is 3.07. The lowest BCUT2D eigenvalue weighted by Gasteiger charge is -2.16. The van der Waals surface area contributed by atoms with Crippen molar-refractivity contribution in [2.75, 3.05) is 19.7 Å². The molecule has 1 N–H and O–H groups in total. The maximum atomic E-state index is 12.7. The maximum absolute atomic E-state index is 12.7. The average Bonchev–Trinajstić information content (AvgIpc) is 2.81. The fourth-order valence-electron chi connectivity index (χ4n) is 2.08. The summed E-state index contributed by atoms with van der Waals surface area (Å²) in [7, 11) is -3.37. The number of sulfonamides is 1. The summed E-state index contributed by atoms with van der Waals surface area (Å²) in [4.78, 5) is 0. The highest BCUT2D eigenvalue weighted by Crippen LogP contribution is 2.21. The van der Waals surface area contributed by atoms with Crippen LogP contribution in [0.25, 0.3) is 0 Å². The lowest BCUT2D eigenvalue weighted by Crippen LogP contribution is -2.30. The quantitative estimate of drug-likeness (QED) is 0.889. The van der Waals surface area contributed by atoms with Crippen molar-refractivity contribution >= 4 is 10.0 Å². The first kappa shape index (κ1) is 13.5. The molecule has 1 aliphatic heterocycles. The van der Waals surface area contributed by atoms with E-state index in [-0.39, 0.29) is 24.1 Å². The van der Waals surface area contributed by atoms with Crippen molar-refractivity contribution in [3.05, 3.63) is 35.6 Å². The molecule has 6 heteroatoms. The summed E-state index contributed by atoms with van der Waals surface area (Å²) in [6.07, 6.45) is 0.694. The second-order valence-electron chi connectivity index (χ2n) is 4.58. The number of halogens is 1. The van der Waals surface area contributed by atoms with Crippen molar-refractivity contribution in [3.63, 3.8) is 0 Å². The van der Waals surface area contributed by atoms with Crippen LogP contribution in [0, 0.1) is 11.7 Å². The van der Waals surface area contributed by atoms with Crippen molar-refractivity contribution in [2.45, 2.75) is 12.2 Å². The summed E-state index contributed by atoms with van der Waals surface area (Å²) in [6.45, 7) is 0.845. The zero-order valence-electron chi connectivity index (χ0n) is 9.92. The molecule has 0 radical (unpaired) electrons. The third-order valence-corrected chi connectivity index (χ3v) is 4.98. The van der Waals surface area contributed by atoms with Gasteiger partial charge in [-0.05, 0) is 30.0 Å². The van der Waals surface area contributed by atoms with Crippen molar-refractivity contribution in [1.29, 1.82) is 0 Å². The Hall–Kier alpha value is -0.980. The number of rotatable bonds is 4. The van der Waals surface area contributed by atoms with Crippen LogP contribution in [-0.4, -0.2) is 37.5 Å². The fraction of sp³-hybridized carbons (Fsp3) is 0.500. The minimum Gasteiger partial charge on any atom is -0.396 e. The zero-order chi connectivity index (χ0) is 13.2. The molecule has 1 heterocycles. The van der Waals surface area contributed by atoms with Gasteiger partial charge in [0.1, 0.15) is 5.82 Å². The van der Waals surface area contributed by atoms with Gasteiger partial charge >= 0.3 is 0 Å². The van der Waals surface area contributed by atoms with Gasteiger partial charge < -0.3 is 5.11 Å². The molecule has 0 bridgehead atoms. The van der Waals surface area contributed by atoms with Crippen molar-refractivity contribution < 1.29 is 17.9 Å². The molecule has 1 saturated heterocycles. The van der Waals surface area contributed by atoms with Gasteiger partial charge in [0, 0.05) is 19.7 Å². The normalized spacial score (nSPS) is 21.3. The molecule has 0 amide bonds. The molecule has 1 unspecified atom stereocenters. The highest BCUT2D eigenvalue weighted by Gasteiger charge is 2.30. The number of aliphatic hydroxyl groups excluding tert-OH is 1. The molecule has 1 fully saturated rings. The largest absolute Gasteiger partial charge is 0.396 e. The first-order valence-electron chi connectivity index (χ1n) is 5.84. The Morgan fingerprint density at radius 2 is 2.00 bits per heavy atom. The minimum absolute atomic E-state index is 0.0164. The number of benzene rings is 1. The molecule has 2 rings (SSSR count). The van der Waals surface area contributed by atoms with Crippen LogP contribution < -0.4 is 0 Å². The van der Waals surface area contributed by atoms with E-state index in [4.69, 9.17) is 5.11 Å². The standard InChI is InChI=1S/C12H16FNO3S/c13-12-3-1-10(2-4-12)9-18(16,17)14-6-5-11(7-14)8-15/h1-4,11,15H,5-9H2. The molecular weight excluding hydrogens is 257 g/mol. The van der Waals surface area contributed by atoms with Crippen LogP contribution in [-0.2, 0) is 15.8 Å². The second-order valence-corrected chi connectivity index (χ2v) is 6.55. The van der Waals surface area contributed by atoms with Crippen LogP contribution in [0.3, 0.4) is 0 Å². The third-order valence-electron chi connectivity index (χ3n) is 3.16. The molecule has 100 valence electrons. The van der Waals surface area contributed by atoms with Gasteiger partial charge in [0.25, 0.3) is 0 Å². The molecule has 4 nitrogen and oxygen atoms in total. The first-order valence-corrected chi connectivity index (χ1v) is 7.45. The SMILES string of the molecule is O=S(=O)(Cc1ccc(F)cc1)N1CCC(CO)C1. The van der Waals surface area contributed by atoms with Gasteiger partial charge in [-0.3, -0.25) is 0 Å². The lowest BCUT2D eigenvalue weighted by atomic mass is 10.1. The van der Waals surface area contributed by atoms with Crippen molar-refractivity contribution in [2.24, 2.45) is 5.92 Å². The summed E-state index contributed by atoms with van der Waals surface area (Å²) in [5.74, 6) is -0.462. The highest BCUT2D eigenvalue weighted by molar-refractivity contribution is 7.88. The predicted octanol–water partition coefficient (Wildman–Crippen LogP) is 0.970. The Morgan fingerprint density at radius 1 is 1.33 bits per heavy atom. The Morgan fingerprint density at radius 3 is 2.56 bits per heavy atom. The second kappa shape index (κ2) is 5.34. The van der Waals surface area contributed by atoms with E-state index in [2.05, 4.69) is 0 Å². The Bertz CT molecular complexity index is 501. The highest BCUT2D eigenvalue weighted by atomic mass is 32.2. The maximum Gasteiger partial charge on any atom is 0.218 e. The van der Waals surface area contributed by atoms with Gasteiger partial charge in [-0.15, -0.1) is 0 Å². The van der Waals surface area contributed by atoms with Gasteiger partial charge in [-0.1, -0.05) is 12.1 Å². The van der Waals surface area contributed by atoms with Crippen molar-refractivity contribution in [1.82, 2.24) is 4.31 Å². The van der Waals surface area contributed by atoms with Gasteiger partial charge in [0.15, 0.2) is 0 Å². The first-order chi connectivity index (χ1) is 8.51. The molecule has 1 aromatic carbocycles. The summed E-state index contributed by atoms with van der Waals surface area (Å²) in [5, 5.41) is 9.01. The number of nitrogens with zero attached hydrogens (tertiary/aromatic N) is 1. The van der Waals surface area contributed by atoms with Gasteiger partial charge in [0.2, 0.25) is 10.0 Å². The fourth-order valence-corrected chi connectivity index (χ4v) is 3.70. The van der Waals surface area contributed by atoms with Crippen LogP contribution in [0.5, 0.6) is 0 Å². The van der Waals surface area contributed by atoms with E-state index in [1.54, 1.807) is 0 Å². The van der Waals surface area contributed by atoms with Crippen LogP contribution >= 0.6 is 0 Å². The van der Waals surface area contributed by atoms with Gasteiger partial charge in [0.05, 0.1) is 5.75 Å². The number of hydrogen-bond donors (Lipinski definition) is 1. The zero-order valence-corrected chi connectivity index (χ0v) is 10.7. The van der Waals surface area contributed by atoms with E-state index in [0.29, 0.717) is 25.1 Å². The Kier molecular flexibility index (Phi) is 3.99. The molecule has 18 heavy (non-hydrogen) atoms. The number of aliphatic hydroxyl groups is 1. The molecule has 0 saturated carbocycles. The monoisotopic (exact) mass is 273 g/mol. The average molecular weight is 273 g/mol. The van der Waals surface area contributed by atoms with Crippen LogP contribution in [0.1, 0.15) is 12.0 Å². The van der Waals surface area contributed by atoms with Crippen LogP contribution in [0.2, 0.25) is 0 Å². The molecule has 1 aromatic rings. The smallest absolute Gasteiger partial charge is 0.218 e. The summed E-state index contributed by atoms with van der Waals surface area (Å²) < 4.78 is 38.3. The molecule has 1 atom stereocenters. The van der Waals surface area contributed by atoms with E-state index < -0.39 is 10.0 Å². The van der Waals surface area contributed by atoms with Gasteiger partial charge in [-0.2, -0.15) is 0 Å². The van der Waals surface area contributed by atoms with Crippen LogP contribution in [0.4, 0.5) is 4.39 Å². The number of hydrogen-bond acceptors (Lipinski definition) is 3. The van der Waals surface area contributed by atoms with E-state index in [1.165, 1.54) is 28.6 Å². The molecule has 0 spiro atoms. The summed E-state index contributed by atoms with van der Waals surface area (Å²) in [6, 6.07) is 5.47. The van der Waals surface area contributed by atoms with Crippen molar-refractivity contribution in [3.8, 4) is 0 Å². The molecular formula is C12H16FNO3S. The molecule has 0 aromatic heterocycles. The lowest BCUT2D eigenvalue weighted by molar-refractivity contribution is 0.233. The Balaban J connectivity index is 2.06. The minimum atomic E-state index is -3.37. The Labute approximate surface area is 106 Å². The summed E-state index contributed by atoms with van der Waals surface area (Å²) in [5.41, 5.74) is 0.573. The molecule has 1 aliphatic rings. The van der Waals surface area contributed by atoms with E-state index in [0.717, 1.165) is 0 Å². The topological polar surface area (TPSA) is 57.6 Å². The van der Waals surface area contributed by atoms with Crippen LogP contribution in [0.15, 0.2) is 24.3 Å². The van der Waals surface area contributed by atoms with Gasteiger partial charge in [-0.25, -0.2) is 17.1 Å². The van der Waals surface area contributed by atoms with E-state index in [1.807, 2.05) is 0 Å².